The third-order valence-electron chi connectivity index (χ3n) is 2.16. The van der Waals surface area contributed by atoms with Crippen LogP contribution in [0.1, 0.15) is 31.7 Å². The summed E-state index contributed by atoms with van der Waals surface area (Å²) in [5, 5.41) is 18.9. The average molecular weight is 180 g/mol. The Bertz CT molecular complexity index is 249. The van der Waals surface area contributed by atoms with Crippen LogP contribution in [0.5, 0.6) is 11.5 Å². The first-order valence-electron chi connectivity index (χ1n) is 4.75. The minimum atomic E-state index is 0.205. The molecule has 0 aliphatic rings. The van der Waals surface area contributed by atoms with Crippen molar-refractivity contribution < 1.29 is 10.2 Å². The highest BCUT2D eigenvalue weighted by Crippen LogP contribution is 2.27. The minimum Gasteiger partial charge on any atom is -0.508 e. The third kappa shape index (κ3) is 2.65. The molecule has 1 aromatic rings. The number of aromatic hydroxyl groups is 2. The lowest BCUT2D eigenvalue weighted by Gasteiger charge is -2.05. The van der Waals surface area contributed by atoms with Crippen molar-refractivity contribution in [3.63, 3.8) is 0 Å². The van der Waals surface area contributed by atoms with Gasteiger partial charge in [-0.3, -0.25) is 0 Å². The molecular weight excluding hydrogens is 164 g/mol. The second kappa shape index (κ2) is 4.75. The van der Waals surface area contributed by atoms with E-state index in [0.29, 0.717) is 5.56 Å². The summed E-state index contributed by atoms with van der Waals surface area (Å²) in [6.45, 7) is 2.13. The molecule has 0 radical (unpaired) electrons. The van der Waals surface area contributed by atoms with E-state index >= 15 is 0 Å². The molecule has 13 heavy (non-hydrogen) atoms. The smallest absolute Gasteiger partial charge is 0.122 e. The molecule has 0 aliphatic heterocycles. The zero-order valence-electron chi connectivity index (χ0n) is 7.95. The van der Waals surface area contributed by atoms with E-state index < -0.39 is 0 Å². The highest BCUT2D eigenvalue weighted by molar-refractivity contribution is 5.42. The van der Waals surface area contributed by atoms with E-state index in [1.54, 1.807) is 18.2 Å². The fraction of sp³-hybridized carbons (Fsp3) is 0.455. The van der Waals surface area contributed by atoms with E-state index in [4.69, 9.17) is 0 Å². The molecule has 0 unspecified atom stereocenters. The minimum absolute atomic E-state index is 0.205. The quantitative estimate of drug-likeness (QED) is 0.699. The molecular formula is C11H16O2. The summed E-state index contributed by atoms with van der Waals surface area (Å²) in [5.41, 5.74) is 0.677. The van der Waals surface area contributed by atoms with E-state index in [1.807, 2.05) is 0 Å². The van der Waals surface area contributed by atoms with Crippen molar-refractivity contribution in [2.45, 2.75) is 32.6 Å². The molecule has 0 atom stereocenters. The van der Waals surface area contributed by atoms with Crippen LogP contribution in [0, 0.1) is 0 Å². The predicted octanol–water partition coefficient (Wildman–Crippen LogP) is 2.83. The standard InChI is InChI=1S/C11H16O2/c1-2-3-4-6-9-10(12)7-5-8-11(9)13/h5,7-8,12-13H,2-4,6H2,1H3. The first-order valence-corrected chi connectivity index (χ1v) is 4.75. The molecule has 0 aliphatic carbocycles. The Morgan fingerprint density at radius 1 is 1.08 bits per heavy atom. The number of phenols is 2. The lowest BCUT2D eigenvalue weighted by Crippen LogP contribution is -1.87. The Morgan fingerprint density at radius 3 is 2.23 bits per heavy atom. The number of phenolic OH excluding ortho intramolecular Hbond substituents is 2. The Balaban J connectivity index is 2.64. The van der Waals surface area contributed by atoms with Gasteiger partial charge in [0.1, 0.15) is 11.5 Å². The van der Waals surface area contributed by atoms with E-state index in [0.717, 1.165) is 25.7 Å². The van der Waals surface area contributed by atoms with E-state index in [1.165, 1.54) is 0 Å². The van der Waals surface area contributed by atoms with Crippen molar-refractivity contribution in [1.29, 1.82) is 0 Å². The van der Waals surface area contributed by atoms with Gasteiger partial charge in [-0.1, -0.05) is 25.8 Å². The second-order valence-corrected chi connectivity index (χ2v) is 3.23. The first-order chi connectivity index (χ1) is 6.25. The molecule has 0 aromatic heterocycles. The molecule has 2 N–H and O–H groups in total. The summed E-state index contributed by atoms with van der Waals surface area (Å²) < 4.78 is 0. The van der Waals surface area contributed by atoms with Crippen LogP contribution in [0.2, 0.25) is 0 Å². The summed E-state index contributed by atoms with van der Waals surface area (Å²) in [5.74, 6) is 0.409. The monoisotopic (exact) mass is 180 g/mol. The molecule has 0 spiro atoms. The highest BCUT2D eigenvalue weighted by atomic mass is 16.3. The molecule has 72 valence electrons. The van der Waals surface area contributed by atoms with Crippen LogP contribution in [-0.4, -0.2) is 10.2 Å². The van der Waals surface area contributed by atoms with Crippen LogP contribution in [0.4, 0.5) is 0 Å². The van der Waals surface area contributed by atoms with Gasteiger partial charge >= 0.3 is 0 Å². The Hall–Kier alpha value is -1.18. The zero-order valence-corrected chi connectivity index (χ0v) is 7.95. The van der Waals surface area contributed by atoms with Gasteiger partial charge in [0.2, 0.25) is 0 Å². The van der Waals surface area contributed by atoms with Gasteiger partial charge in [0.15, 0.2) is 0 Å². The first kappa shape index (κ1) is 9.90. The van der Waals surface area contributed by atoms with E-state index in [2.05, 4.69) is 6.92 Å². The van der Waals surface area contributed by atoms with Crippen LogP contribution in [0.25, 0.3) is 0 Å². The van der Waals surface area contributed by atoms with Crippen molar-refractivity contribution in [2.24, 2.45) is 0 Å². The Labute approximate surface area is 78.8 Å². The Morgan fingerprint density at radius 2 is 1.69 bits per heavy atom. The molecule has 0 heterocycles. The molecule has 0 bridgehead atoms. The van der Waals surface area contributed by atoms with Gasteiger partial charge in [-0.15, -0.1) is 0 Å². The van der Waals surface area contributed by atoms with Crippen molar-refractivity contribution in [3.05, 3.63) is 23.8 Å². The fourth-order valence-electron chi connectivity index (χ4n) is 1.37. The average Bonchev–Trinajstić information content (AvgIpc) is 2.10. The fourth-order valence-corrected chi connectivity index (χ4v) is 1.37. The largest absolute Gasteiger partial charge is 0.508 e. The van der Waals surface area contributed by atoms with Crippen LogP contribution < -0.4 is 0 Å². The van der Waals surface area contributed by atoms with Crippen LogP contribution >= 0.6 is 0 Å². The van der Waals surface area contributed by atoms with Gasteiger partial charge in [0.25, 0.3) is 0 Å². The van der Waals surface area contributed by atoms with Crippen molar-refractivity contribution in [1.82, 2.24) is 0 Å². The second-order valence-electron chi connectivity index (χ2n) is 3.23. The van der Waals surface area contributed by atoms with E-state index in [9.17, 15) is 10.2 Å². The lowest BCUT2D eigenvalue weighted by atomic mass is 10.1. The summed E-state index contributed by atoms with van der Waals surface area (Å²) in [4.78, 5) is 0. The maximum atomic E-state index is 9.43. The number of hydrogen-bond acceptors (Lipinski definition) is 2. The summed E-state index contributed by atoms with van der Waals surface area (Å²) in [7, 11) is 0. The third-order valence-corrected chi connectivity index (χ3v) is 2.16. The molecule has 2 nitrogen and oxygen atoms in total. The highest BCUT2D eigenvalue weighted by Gasteiger charge is 2.05. The number of rotatable bonds is 4. The zero-order chi connectivity index (χ0) is 9.68. The molecule has 0 amide bonds. The number of unbranched alkanes of at least 4 members (excludes halogenated alkanes) is 2. The topological polar surface area (TPSA) is 40.5 Å². The lowest BCUT2D eigenvalue weighted by molar-refractivity contribution is 0.436. The molecule has 0 fully saturated rings. The molecule has 1 rings (SSSR count). The molecule has 0 saturated heterocycles. The molecule has 2 heteroatoms. The van der Waals surface area contributed by atoms with Gasteiger partial charge in [-0.2, -0.15) is 0 Å². The SMILES string of the molecule is CCCCCc1c(O)cccc1O. The summed E-state index contributed by atoms with van der Waals surface area (Å²) in [6.07, 6.45) is 4.05. The van der Waals surface area contributed by atoms with Crippen molar-refractivity contribution in [3.8, 4) is 11.5 Å². The van der Waals surface area contributed by atoms with Crippen LogP contribution in [-0.2, 0) is 6.42 Å². The number of benzene rings is 1. The van der Waals surface area contributed by atoms with Crippen molar-refractivity contribution in [2.75, 3.05) is 0 Å². The normalized spacial score (nSPS) is 10.2. The van der Waals surface area contributed by atoms with Crippen molar-refractivity contribution >= 4 is 0 Å². The van der Waals surface area contributed by atoms with Gasteiger partial charge in [0, 0.05) is 5.56 Å². The van der Waals surface area contributed by atoms with Crippen LogP contribution in [0.3, 0.4) is 0 Å². The van der Waals surface area contributed by atoms with Crippen LogP contribution in [0.15, 0.2) is 18.2 Å². The van der Waals surface area contributed by atoms with Gasteiger partial charge in [0.05, 0.1) is 0 Å². The van der Waals surface area contributed by atoms with Gasteiger partial charge in [-0.05, 0) is 25.0 Å². The predicted molar refractivity (Wildman–Crippen MR) is 53.0 cm³/mol. The van der Waals surface area contributed by atoms with Gasteiger partial charge < -0.3 is 10.2 Å². The molecule has 0 saturated carbocycles. The maximum Gasteiger partial charge on any atom is 0.122 e. The Kier molecular flexibility index (Phi) is 3.62. The number of hydrogen-bond donors (Lipinski definition) is 2. The summed E-state index contributed by atoms with van der Waals surface area (Å²) in [6, 6.07) is 4.87. The van der Waals surface area contributed by atoms with E-state index in [-0.39, 0.29) is 11.5 Å². The maximum absolute atomic E-state index is 9.43. The van der Waals surface area contributed by atoms with Gasteiger partial charge in [-0.25, -0.2) is 0 Å². The molecule has 1 aromatic carbocycles. The summed E-state index contributed by atoms with van der Waals surface area (Å²) >= 11 is 0.